The van der Waals surface area contributed by atoms with Crippen LogP contribution in [0.1, 0.15) is 149 Å². The highest BCUT2D eigenvalue weighted by molar-refractivity contribution is 5.91. The first kappa shape index (κ1) is 37.1. The average Bonchev–Trinajstić information content (AvgIpc) is 4.00. The first-order chi connectivity index (χ1) is 29.0. The van der Waals surface area contributed by atoms with Gasteiger partial charge in [0.05, 0.1) is 0 Å². The highest BCUT2D eigenvalue weighted by Crippen LogP contribution is 2.55. The van der Waals surface area contributed by atoms with Gasteiger partial charge >= 0.3 is 0 Å². The molecule has 0 amide bonds. The van der Waals surface area contributed by atoms with E-state index in [9.17, 15) is 0 Å². The van der Waals surface area contributed by atoms with E-state index in [0.717, 1.165) is 23.7 Å². The lowest BCUT2D eigenvalue weighted by molar-refractivity contribution is 0.420. The van der Waals surface area contributed by atoms with Crippen LogP contribution >= 0.6 is 0 Å². The third-order valence-electron chi connectivity index (χ3n) is 16.0. The van der Waals surface area contributed by atoms with Crippen LogP contribution in [-0.4, -0.2) is 0 Å². The maximum absolute atomic E-state index is 2.54. The van der Waals surface area contributed by atoms with Crippen molar-refractivity contribution >= 4 is 17.1 Å². The van der Waals surface area contributed by atoms with Gasteiger partial charge in [0.25, 0.3) is 0 Å². The Morgan fingerprint density at radius 2 is 1.12 bits per heavy atom. The molecule has 0 heterocycles. The second kappa shape index (κ2) is 15.3. The summed E-state index contributed by atoms with van der Waals surface area (Å²) in [5.41, 5.74) is 19.2. The van der Waals surface area contributed by atoms with Crippen LogP contribution in [-0.2, 0) is 5.41 Å². The third kappa shape index (κ3) is 6.68. The molecule has 0 saturated heterocycles. The van der Waals surface area contributed by atoms with E-state index in [-0.39, 0.29) is 5.41 Å². The number of fused-ring (bicyclic) bond motifs is 5. The van der Waals surface area contributed by atoms with Gasteiger partial charge in [0, 0.05) is 22.5 Å². The summed E-state index contributed by atoms with van der Waals surface area (Å²) in [6, 6.07) is 52.5. The Morgan fingerprint density at radius 1 is 0.458 bits per heavy atom. The maximum Gasteiger partial charge on any atom is 0.0467 e. The monoisotopic (exact) mass is 771 g/mol. The van der Waals surface area contributed by atoms with Gasteiger partial charge in [-0.15, -0.1) is 0 Å². The molecule has 5 aliphatic carbocycles. The van der Waals surface area contributed by atoms with Gasteiger partial charge in [-0.2, -0.15) is 0 Å². The molecular weight excluding hydrogens is 711 g/mol. The van der Waals surface area contributed by atoms with Crippen LogP contribution in [0.5, 0.6) is 0 Å². The highest BCUT2D eigenvalue weighted by Gasteiger charge is 2.41. The fraction of sp³-hybridized carbons (Fsp3) is 0.379. The molecule has 5 aliphatic rings. The number of hydrogen-bond donors (Lipinski definition) is 0. The second-order valence-electron chi connectivity index (χ2n) is 19.7. The van der Waals surface area contributed by atoms with Crippen LogP contribution in [0.4, 0.5) is 17.1 Å². The van der Waals surface area contributed by atoms with Crippen molar-refractivity contribution in [2.24, 2.45) is 11.8 Å². The predicted molar refractivity (Wildman–Crippen MR) is 249 cm³/mol. The molecule has 2 bridgehead atoms. The summed E-state index contributed by atoms with van der Waals surface area (Å²) in [5.74, 6) is 3.93. The van der Waals surface area contributed by atoms with E-state index in [0.29, 0.717) is 5.92 Å². The molecule has 3 atom stereocenters. The van der Waals surface area contributed by atoms with E-state index in [1.165, 1.54) is 163 Å². The zero-order chi connectivity index (χ0) is 39.5. The maximum atomic E-state index is 2.54. The number of hydrogen-bond acceptors (Lipinski definition) is 1. The van der Waals surface area contributed by atoms with Crippen molar-refractivity contribution < 1.29 is 0 Å². The van der Waals surface area contributed by atoms with Crippen molar-refractivity contribution in [2.75, 3.05) is 4.90 Å². The molecule has 0 aliphatic heterocycles. The van der Waals surface area contributed by atoms with Crippen LogP contribution in [0.3, 0.4) is 0 Å². The standard InChI is InChI=1S/C58H61N/c1-58(2)56-38-49(33-34-53(56)54-22-12-21-52(57(54)58)43-27-25-41(26-28-43)40-13-5-3-6-14-40)59(47-31-29-44(30-32-47)55-36-39-23-24-46(55)35-39)48-18-11-17-45(37-48)51-20-10-9-19-50(51)42-15-7-4-8-16-42/h9-12,17-22,25-34,37-40,42,46,55H,3-8,13-16,23-24,35-36H2,1-2H3. The van der Waals surface area contributed by atoms with Gasteiger partial charge in [0.15, 0.2) is 0 Å². The summed E-state index contributed by atoms with van der Waals surface area (Å²) in [6.45, 7) is 4.91. The molecule has 4 saturated carbocycles. The molecule has 11 rings (SSSR count). The van der Waals surface area contributed by atoms with Crippen LogP contribution in [0.25, 0.3) is 33.4 Å². The predicted octanol–water partition coefficient (Wildman–Crippen LogP) is 16.8. The van der Waals surface area contributed by atoms with Crippen LogP contribution in [0, 0.1) is 11.8 Å². The lowest BCUT2D eigenvalue weighted by Gasteiger charge is -2.30. The fourth-order valence-electron chi connectivity index (χ4n) is 12.9. The summed E-state index contributed by atoms with van der Waals surface area (Å²) in [6.07, 6.45) is 19.2. The van der Waals surface area contributed by atoms with E-state index in [2.05, 4.69) is 152 Å². The second-order valence-corrected chi connectivity index (χ2v) is 19.7. The fourth-order valence-corrected chi connectivity index (χ4v) is 12.9. The van der Waals surface area contributed by atoms with E-state index in [1.54, 1.807) is 5.56 Å². The summed E-state index contributed by atoms with van der Waals surface area (Å²) in [5, 5.41) is 0. The summed E-state index contributed by atoms with van der Waals surface area (Å²) < 4.78 is 0. The van der Waals surface area contributed by atoms with Crippen LogP contribution < -0.4 is 4.90 Å². The minimum Gasteiger partial charge on any atom is -0.310 e. The molecular formula is C58H61N. The summed E-state index contributed by atoms with van der Waals surface area (Å²) in [4.78, 5) is 2.54. The third-order valence-corrected chi connectivity index (χ3v) is 16.0. The molecule has 0 N–H and O–H groups in total. The Kier molecular flexibility index (Phi) is 9.63. The molecule has 6 aromatic carbocycles. The number of anilines is 3. The summed E-state index contributed by atoms with van der Waals surface area (Å²) >= 11 is 0. The number of nitrogens with zero attached hydrogens (tertiary/aromatic N) is 1. The average molecular weight is 772 g/mol. The molecule has 1 nitrogen and oxygen atoms in total. The zero-order valence-corrected chi connectivity index (χ0v) is 35.4. The molecule has 0 aromatic heterocycles. The van der Waals surface area contributed by atoms with Crippen molar-refractivity contribution in [3.8, 4) is 33.4 Å². The molecule has 59 heavy (non-hydrogen) atoms. The molecule has 298 valence electrons. The number of benzene rings is 6. The van der Waals surface area contributed by atoms with Gasteiger partial charge in [0.2, 0.25) is 0 Å². The van der Waals surface area contributed by atoms with E-state index >= 15 is 0 Å². The lowest BCUT2D eigenvalue weighted by atomic mass is 9.78. The van der Waals surface area contributed by atoms with E-state index in [4.69, 9.17) is 0 Å². The molecule has 4 fully saturated rings. The summed E-state index contributed by atoms with van der Waals surface area (Å²) in [7, 11) is 0. The van der Waals surface area contributed by atoms with Crippen LogP contribution in [0.15, 0.2) is 133 Å². The van der Waals surface area contributed by atoms with Gasteiger partial charge in [-0.1, -0.05) is 156 Å². The van der Waals surface area contributed by atoms with E-state index < -0.39 is 0 Å². The quantitative estimate of drug-likeness (QED) is 0.149. The van der Waals surface area contributed by atoms with Crippen molar-refractivity contribution in [2.45, 2.75) is 127 Å². The van der Waals surface area contributed by atoms with Gasteiger partial charge in [-0.25, -0.2) is 0 Å². The molecule has 3 unspecified atom stereocenters. The Labute approximate surface area is 353 Å². The molecule has 0 spiro atoms. The van der Waals surface area contributed by atoms with Crippen molar-refractivity contribution in [3.63, 3.8) is 0 Å². The topological polar surface area (TPSA) is 3.24 Å². The van der Waals surface area contributed by atoms with Gasteiger partial charge in [-0.3, -0.25) is 0 Å². The Morgan fingerprint density at radius 3 is 1.86 bits per heavy atom. The Bertz CT molecular complexity index is 2460. The molecule has 6 aromatic rings. The normalized spacial score (nSPS) is 22.3. The largest absolute Gasteiger partial charge is 0.310 e. The molecule has 0 radical (unpaired) electrons. The minimum atomic E-state index is -0.155. The Balaban J connectivity index is 0.985. The smallest absolute Gasteiger partial charge is 0.0467 e. The van der Waals surface area contributed by atoms with Crippen LogP contribution in [0.2, 0.25) is 0 Å². The van der Waals surface area contributed by atoms with E-state index in [1.807, 2.05) is 0 Å². The van der Waals surface area contributed by atoms with Gasteiger partial charge < -0.3 is 4.90 Å². The van der Waals surface area contributed by atoms with Crippen molar-refractivity contribution in [1.82, 2.24) is 0 Å². The van der Waals surface area contributed by atoms with Gasteiger partial charge in [0.1, 0.15) is 0 Å². The van der Waals surface area contributed by atoms with Crippen molar-refractivity contribution in [1.29, 1.82) is 0 Å². The van der Waals surface area contributed by atoms with Crippen molar-refractivity contribution in [3.05, 3.63) is 161 Å². The number of rotatable bonds is 8. The lowest BCUT2D eigenvalue weighted by Crippen LogP contribution is -2.17. The Hall–Kier alpha value is -4.88. The SMILES string of the molecule is CC1(C)c2cc(N(c3ccc(C4CC5CCC4C5)cc3)c3cccc(-c4ccccc4C4CCCCC4)c3)ccc2-c2cccc(-c3ccc(C4CCCCC4)cc3)c21. The highest BCUT2D eigenvalue weighted by atomic mass is 15.1. The zero-order valence-electron chi connectivity index (χ0n) is 35.4. The first-order valence-electron chi connectivity index (χ1n) is 23.5. The molecule has 1 heteroatoms. The first-order valence-corrected chi connectivity index (χ1v) is 23.5. The minimum absolute atomic E-state index is 0.155. The van der Waals surface area contributed by atoms with Gasteiger partial charge in [-0.05, 0) is 172 Å².